The lowest BCUT2D eigenvalue weighted by Crippen LogP contribution is -2.60. The van der Waals surface area contributed by atoms with Gasteiger partial charge >= 0.3 is 5.97 Å². The van der Waals surface area contributed by atoms with Gasteiger partial charge in [0.25, 0.3) is 0 Å². The van der Waals surface area contributed by atoms with Crippen LogP contribution in [0.25, 0.3) is 0 Å². The number of nitrogens with two attached hydrogens (primary N) is 1. The SMILES string of the molecule is CC[C@H](C)[C@H](NC(=O)[C@H](CC(C)C)NC)C(=O)N(C)[C@@H](C(=O)N[C@@H](CCC(N)=O)C(=O)O)C(C)C. The summed E-state index contributed by atoms with van der Waals surface area (Å²) in [6.07, 6.45) is 0.847. The van der Waals surface area contributed by atoms with E-state index in [1.165, 1.54) is 11.9 Å². The van der Waals surface area contributed by atoms with Crippen molar-refractivity contribution in [2.45, 2.75) is 91.4 Å². The molecule has 0 aliphatic carbocycles. The number of hydrogen-bond donors (Lipinski definition) is 5. The molecule has 0 aromatic rings. The molecule has 0 aliphatic heterocycles. The largest absolute Gasteiger partial charge is 0.480 e. The van der Waals surface area contributed by atoms with Gasteiger partial charge in [0.15, 0.2) is 0 Å². The van der Waals surface area contributed by atoms with E-state index in [1.807, 2.05) is 27.7 Å². The number of likely N-dealkylation sites (N-methyl/N-ethyl adjacent to an activating group) is 2. The number of rotatable bonds is 16. The van der Waals surface area contributed by atoms with Crippen LogP contribution in [0.1, 0.15) is 67.2 Å². The molecule has 6 N–H and O–H groups in total. The average molecular weight is 500 g/mol. The van der Waals surface area contributed by atoms with Crippen molar-refractivity contribution in [3.63, 3.8) is 0 Å². The number of carboxylic acids is 1. The van der Waals surface area contributed by atoms with E-state index in [0.29, 0.717) is 12.8 Å². The highest BCUT2D eigenvalue weighted by Crippen LogP contribution is 2.17. The monoisotopic (exact) mass is 499 g/mol. The highest BCUT2D eigenvalue weighted by Gasteiger charge is 2.37. The minimum absolute atomic E-state index is 0.161. The molecule has 0 bridgehead atoms. The van der Waals surface area contributed by atoms with Crippen LogP contribution in [-0.2, 0) is 24.0 Å². The predicted octanol–water partition coefficient (Wildman–Crippen LogP) is 0.469. The van der Waals surface area contributed by atoms with Crippen molar-refractivity contribution in [2.75, 3.05) is 14.1 Å². The molecule has 0 saturated carbocycles. The lowest BCUT2D eigenvalue weighted by Gasteiger charge is -2.35. The Bertz CT molecular complexity index is 742. The van der Waals surface area contributed by atoms with E-state index >= 15 is 0 Å². The lowest BCUT2D eigenvalue weighted by molar-refractivity contribution is -0.147. The number of primary amides is 1. The number of carbonyl (C=O) groups is 5. The second-order valence-electron chi connectivity index (χ2n) is 9.88. The van der Waals surface area contributed by atoms with Crippen molar-refractivity contribution in [1.82, 2.24) is 20.9 Å². The fraction of sp³-hybridized carbons (Fsp3) is 0.792. The van der Waals surface area contributed by atoms with Crippen LogP contribution in [0.2, 0.25) is 0 Å². The number of carbonyl (C=O) groups excluding carboxylic acids is 4. The number of carboxylic acid groups (broad SMARTS) is 1. The summed E-state index contributed by atoms with van der Waals surface area (Å²) in [4.78, 5) is 63.4. The van der Waals surface area contributed by atoms with E-state index in [1.54, 1.807) is 20.9 Å². The van der Waals surface area contributed by atoms with Crippen LogP contribution >= 0.6 is 0 Å². The van der Waals surface area contributed by atoms with E-state index in [-0.39, 0.29) is 36.5 Å². The van der Waals surface area contributed by atoms with E-state index < -0.39 is 47.9 Å². The number of nitrogens with zero attached hydrogens (tertiary/aromatic N) is 1. The fourth-order valence-electron chi connectivity index (χ4n) is 3.85. The minimum Gasteiger partial charge on any atom is -0.480 e. The summed E-state index contributed by atoms with van der Waals surface area (Å²) in [6.45, 7) is 11.2. The van der Waals surface area contributed by atoms with Gasteiger partial charge in [0.1, 0.15) is 18.1 Å². The molecule has 0 spiro atoms. The van der Waals surface area contributed by atoms with Crippen LogP contribution in [0.3, 0.4) is 0 Å². The molecular formula is C24H45N5O6. The fourth-order valence-corrected chi connectivity index (χ4v) is 3.85. The van der Waals surface area contributed by atoms with Crippen LogP contribution in [0, 0.1) is 17.8 Å². The Morgan fingerprint density at radius 2 is 1.51 bits per heavy atom. The summed E-state index contributed by atoms with van der Waals surface area (Å²) in [5.41, 5.74) is 5.10. The van der Waals surface area contributed by atoms with Crippen molar-refractivity contribution in [2.24, 2.45) is 23.5 Å². The Morgan fingerprint density at radius 1 is 0.943 bits per heavy atom. The van der Waals surface area contributed by atoms with E-state index in [0.717, 1.165) is 0 Å². The molecule has 0 aromatic carbocycles. The molecule has 0 fully saturated rings. The molecule has 0 radical (unpaired) electrons. The maximum atomic E-state index is 13.5. The Balaban J connectivity index is 5.79. The summed E-state index contributed by atoms with van der Waals surface area (Å²) in [5, 5.41) is 17.7. The third-order valence-corrected chi connectivity index (χ3v) is 6.11. The number of amides is 4. The first-order valence-corrected chi connectivity index (χ1v) is 12.2. The number of nitrogens with one attached hydrogen (secondary N) is 3. The molecule has 11 nitrogen and oxygen atoms in total. The van der Waals surface area contributed by atoms with E-state index in [9.17, 15) is 29.1 Å². The molecule has 4 amide bonds. The first-order valence-electron chi connectivity index (χ1n) is 12.2. The first-order chi connectivity index (χ1) is 16.2. The standard InChI is InChI=1S/C24H45N5O6/c1-9-15(6)19(28-21(31)17(26-7)12-13(2)3)23(33)29(8)20(14(4)5)22(32)27-16(24(34)35)10-11-18(25)30/h13-17,19-20,26H,9-12H2,1-8H3,(H2,25,30)(H,27,32)(H,28,31)(H,34,35)/t15-,16-,17-,19-,20+/m0/s1. The number of aliphatic carboxylic acids is 1. The van der Waals surface area contributed by atoms with Crippen LogP contribution in [0.5, 0.6) is 0 Å². The summed E-state index contributed by atoms with van der Waals surface area (Å²) in [6, 6.07) is -3.64. The molecule has 0 aliphatic rings. The molecule has 35 heavy (non-hydrogen) atoms. The first kappa shape index (κ1) is 32.3. The van der Waals surface area contributed by atoms with Gasteiger partial charge in [-0.3, -0.25) is 19.2 Å². The maximum Gasteiger partial charge on any atom is 0.326 e. The topological polar surface area (TPSA) is 171 Å². The van der Waals surface area contributed by atoms with Crippen molar-refractivity contribution in [1.29, 1.82) is 0 Å². The van der Waals surface area contributed by atoms with Gasteiger partial charge in [-0.2, -0.15) is 0 Å². The van der Waals surface area contributed by atoms with Gasteiger partial charge in [-0.25, -0.2) is 4.79 Å². The highest BCUT2D eigenvalue weighted by molar-refractivity contribution is 5.94. The molecule has 0 unspecified atom stereocenters. The van der Waals surface area contributed by atoms with Crippen LogP contribution < -0.4 is 21.7 Å². The third-order valence-electron chi connectivity index (χ3n) is 6.11. The van der Waals surface area contributed by atoms with Crippen molar-refractivity contribution in [3.05, 3.63) is 0 Å². The Morgan fingerprint density at radius 3 is 1.91 bits per heavy atom. The summed E-state index contributed by atoms with van der Waals surface area (Å²) in [7, 11) is 3.16. The average Bonchev–Trinajstić information content (AvgIpc) is 2.76. The maximum absolute atomic E-state index is 13.5. The Kier molecular flexibility index (Phi) is 14.2. The second-order valence-corrected chi connectivity index (χ2v) is 9.88. The van der Waals surface area contributed by atoms with Gasteiger partial charge in [0.05, 0.1) is 6.04 Å². The van der Waals surface area contributed by atoms with Crippen LogP contribution in [0.4, 0.5) is 0 Å². The minimum atomic E-state index is -1.32. The summed E-state index contributed by atoms with van der Waals surface area (Å²) in [5.74, 6) is -3.66. The predicted molar refractivity (Wildman–Crippen MR) is 133 cm³/mol. The van der Waals surface area contributed by atoms with Gasteiger partial charge in [-0.1, -0.05) is 48.0 Å². The molecule has 0 aromatic heterocycles. The zero-order valence-electron chi connectivity index (χ0n) is 22.4. The quantitative estimate of drug-likeness (QED) is 0.205. The van der Waals surface area contributed by atoms with E-state index in [4.69, 9.17) is 5.73 Å². The molecule has 0 saturated heterocycles. The van der Waals surface area contributed by atoms with Crippen molar-refractivity contribution < 1.29 is 29.1 Å². The second kappa shape index (κ2) is 15.3. The molecule has 0 rings (SSSR count). The van der Waals surface area contributed by atoms with Gasteiger partial charge in [0, 0.05) is 13.5 Å². The molecule has 0 heterocycles. The smallest absolute Gasteiger partial charge is 0.326 e. The van der Waals surface area contributed by atoms with Gasteiger partial charge in [-0.05, 0) is 37.6 Å². The van der Waals surface area contributed by atoms with Crippen LogP contribution in [0.15, 0.2) is 0 Å². The normalized spacial score (nSPS) is 15.6. The van der Waals surface area contributed by atoms with Crippen molar-refractivity contribution in [3.8, 4) is 0 Å². The van der Waals surface area contributed by atoms with Crippen LogP contribution in [-0.4, -0.2) is 77.9 Å². The zero-order chi connectivity index (χ0) is 27.5. The molecular weight excluding hydrogens is 454 g/mol. The summed E-state index contributed by atoms with van der Waals surface area (Å²) < 4.78 is 0. The Hall–Kier alpha value is -2.69. The van der Waals surface area contributed by atoms with Crippen molar-refractivity contribution >= 4 is 29.6 Å². The van der Waals surface area contributed by atoms with Gasteiger partial charge in [-0.15, -0.1) is 0 Å². The van der Waals surface area contributed by atoms with Gasteiger partial charge in [0.2, 0.25) is 23.6 Å². The molecule has 11 heteroatoms. The zero-order valence-corrected chi connectivity index (χ0v) is 22.4. The van der Waals surface area contributed by atoms with Gasteiger partial charge < -0.3 is 31.7 Å². The summed E-state index contributed by atoms with van der Waals surface area (Å²) >= 11 is 0. The molecule has 5 atom stereocenters. The number of hydrogen-bond acceptors (Lipinski definition) is 6. The van der Waals surface area contributed by atoms with E-state index in [2.05, 4.69) is 16.0 Å². The molecule has 202 valence electrons. The third kappa shape index (κ3) is 10.6. The lowest BCUT2D eigenvalue weighted by atomic mass is 9.94. The highest BCUT2D eigenvalue weighted by atomic mass is 16.4. The Labute approximate surface area is 208 Å².